The fraction of sp³-hybridized carbons (Fsp3) is 0.833. The second kappa shape index (κ2) is 3.60. The van der Waals surface area contributed by atoms with E-state index in [1.807, 2.05) is 0 Å². The largest absolute Gasteiger partial charge is 0.480 e. The van der Waals surface area contributed by atoms with Crippen LogP contribution in [0.25, 0.3) is 0 Å². The summed E-state index contributed by atoms with van der Waals surface area (Å²) in [7, 11) is -3.72. The van der Waals surface area contributed by atoms with Gasteiger partial charge in [-0.3, -0.25) is 4.79 Å². The number of β-amino-alcohol motifs (C(OH)–C–C–N with tert-alkyl or cyclic N) is 1. The van der Waals surface area contributed by atoms with Gasteiger partial charge in [-0.15, -0.1) is 0 Å². The van der Waals surface area contributed by atoms with Gasteiger partial charge < -0.3 is 10.2 Å². The number of sulfonamides is 1. The van der Waals surface area contributed by atoms with Crippen molar-refractivity contribution in [2.24, 2.45) is 0 Å². The Labute approximate surface area is 75.8 Å². The van der Waals surface area contributed by atoms with Crippen LogP contribution in [0.3, 0.4) is 0 Å². The van der Waals surface area contributed by atoms with Crippen molar-refractivity contribution >= 4 is 16.0 Å². The number of hydrogen-bond donors (Lipinski definition) is 2. The molecule has 1 aliphatic rings. The minimum absolute atomic E-state index is 0.00954. The van der Waals surface area contributed by atoms with E-state index < -0.39 is 27.8 Å². The average molecular weight is 209 g/mol. The Balaban J connectivity index is 2.65. The molecule has 0 amide bonds. The highest BCUT2D eigenvalue weighted by Crippen LogP contribution is 2.13. The van der Waals surface area contributed by atoms with Crippen LogP contribution in [0.4, 0.5) is 0 Å². The Morgan fingerprint density at radius 2 is 2.15 bits per heavy atom. The molecular formula is C6H11NO5S. The number of aliphatic hydroxyl groups is 1. The zero-order valence-electron chi connectivity index (χ0n) is 6.88. The second-order valence-electron chi connectivity index (χ2n) is 2.95. The van der Waals surface area contributed by atoms with Crippen molar-refractivity contribution < 1.29 is 23.4 Å². The zero-order chi connectivity index (χ0) is 10.1. The maximum Gasteiger partial charge on any atom is 0.320 e. The Hall–Kier alpha value is -0.660. The van der Waals surface area contributed by atoms with Gasteiger partial charge >= 0.3 is 5.97 Å². The minimum Gasteiger partial charge on any atom is -0.480 e. The highest BCUT2D eigenvalue weighted by Gasteiger charge is 2.31. The van der Waals surface area contributed by atoms with Crippen LogP contribution >= 0.6 is 0 Å². The van der Waals surface area contributed by atoms with E-state index in [2.05, 4.69) is 0 Å². The third-order valence-corrected chi connectivity index (χ3v) is 3.56. The number of aliphatic hydroxyl groups excluding tert-OH is 1. The zero-order valence-corrected chi connectivity index (χ0v) is 7.70. The number of carboxylic acid groups (broad SMARTS) is 1. The lowest BCUT2D eigenvalue weighted by molar-refractivity contribution is -0.134. The molecule has 76 valence electrons. The predicted octanol–water partition coefficient (Wildman–Crippen LogP) is -1.53. The van der Waals surface area contributed by atoms with Crippen molar-refractivity contribution in [3.05, 3.63) is 0 Å². The summed E-state index contributed by atoms with van der Waals surface area (Å²) in [6, 6.07) is 0. The topological polar surface area (TPSA) is 94.9 Å². The van der Waals surface area contributed by atoms with Crippen molar-refractivity contribution in [1.29, 1.82) is 0 Å². The monoisotopic (exact) mass is 209 g/mol. The van der Waals surface area contributed by atoms with E-state index in [4.69, 9.17) is 10.2 Å². The standard InChI is InChI=1S/C6H11NO5S/c8-5-1-2-7(3-5)13(11,12)4-6(9)10/h5,8H,1-4H2,(H,9,10)/t5-/m1/s1. The van der Waals surface area contributed by atoms with E-state index in [0.29, 0.717) is 6.42 Å². The molecule has 1 fully saturated rings. The van der Waals surface area contributed by atoms with Crippen LogP contribution in [0, 0.1) is 0 Å². The number of carboxylic acids is 1. The summed E-state index contributed by atoms with van der Waals surface area (Å²) in [5.41, 5.74) is 0. The first-order valence-corrected chi connectivity index (χ1v) is 5.40. The molecule has 0 aromatic carbocycles. The summed E-state index contributed by atoms with van der Waals surface area (Å²) in [5.74, 6) is -2.28. The van der Waals surface area contributed by atoms with Crippen LogP contribution in [0.1, 0.15) is 6.42 Å². The molecule has 0 bridgehead atoms. The van der Waals surface area contributed by atoms with Crippen LogP contribution in [-0.2, 0) is 14.8 Å². The van der Waals surface area contributed by atoms with Crippen molar-refractivity contribution in [3.63, 3.8) is 0 Å². The van der Waals surface area contributed by atoms with E-state index in [0.717, 1.165) is 4.31 Å². The first kappa shape index (κ1) is 10.4. The van der Waals surface area contributed by atoms with Crippen LogP contribution < -0.4 is 0 Å². The minimum atomic E-state index is -3.72. The number of hydrogen-bond acceptors (Lipinski definition) is 4. The summed E-state index contributed by atoms with van der Waals surface area (Å²) in [6.45, 7) is 0.215. The number of rotatable bonds is 3. The second-order valence-corrected chi connectivity index (χ2v) is 4.92. The molecule has 1 saturated heterocycles. The lowest BCUT2D eigenvalue weighted by Crippen LogP contribution is -2.34. The average Bonchev–Trinajstić information content (AvgIpc) is 2.32. The first-order valence-electron chi connectivity index (χ1n) is 3.79. The van der Waals surface area contributed by atoms with Gasteiger partial charge in [0.1, 0.15) is 0 Å². The van der Waals surface area contributed by atoms with Gasteiger partial charge in [-0.25, -0.2) is 8.42 Å². The van der Waals surface area contributed by atoms with Crippen molar-refractivity contribution in [2.75, 3.05) is 18.8 Å². The van der Waals surface area contributed by atoms with Crippen LogP contribution in [0.15, 0.2) is 0 Å². The maximum atomic E-state index is 11.2. The lowest BCUT2D eigenvalue weighted by Gasteiger charge is -2.13. The first-order chi connectivity index (χ1) is 5.92. The summed E-state index contributed by atoms with van der Waals surface area (Å²) in [6.07, 6.45) is -0.290. The molecule has 0 saturated carbocycles. The fourth-order valence-corrected chi connectivity index (χ4v) is 2.49. The van der Waals surface area contributed by atoms with Crippen LogP contribution in [-0.4, -0.2) is 53.9 Å². The van der Waals surface area contributed by atoms with Gasteiger partial charge in [-0.05, 0) is 6.42 Å². The summed E-state index contributed by atoms with van der Waals surface area (Å²) in [5, 5.41) is 17.4. The molecular weight excluding hydrogens is 198 g/mol. The molecule has 0 aromatic heterocycles. The van der Waals surface area contributed by atoms with Gasteiger partial charge in [-0.1, -0.05) is 0 Å². The van der Waals surface area contributed by atoms with Crippen molar-refractivity contribution in [1.82, 2.24) is 4.31 Å². The normalized spacial score (nSPS) is 24.8. The molecule has 2 N–H and O–H groups in total. The fourth-order valence-electron chi connectivity index (χ4n) is 1.21. The SMILES string of the molecule is O=C(O)CS(=O)(=O)N1CC[C@@H](O)C1. The Morgan fingerprint density at radius 1 is 1.54 bits per heavy atom. The van der Waals surface area contributed by atoms with E-state index in [1.165, 1.54) is 0 Å². The molecule has 13 heavy (non-hydrogen) atoms. The highest BCUT2D eigenvalue weighted by atomic mass is 32.2. The van der Waals surface area contributed by atoms with Gasteiger partial charge in [0.15, 0.2) is 5.75 Å². The van der Waals surface area contributed by atoms with Crippen molar-refractivity contribution in [3.8, 4) is 0 Å². The van der Waals surface area contributed by atoms with Crippen LogP contribution in [0.2, 0.25) is 0 Å². The molecule has 0 aromatic rings. The Kier molecular flexibility index (Phi) is 2.89. The molecule has 6 nitrogen and oxygen atoms in total. The highest BCUT2D eigenvalue weighted by molar-refractivity contribution is 7.89. The number of nitrogens with zero attached hydrogens (tertiary/aromatic N) is 1. The Morgan fingerprint density at radius 3 is 2.54 bits per heavy atom. The Bertz CT molecular complexity index is 298. The molecule has 1 rings (SSSR count). The smallest absolute Gasteiger partial charge is 0.320 e. The maximum absolute atomic E-state index is 11.2. The molecule has 1 atom stereocenters. The van der Waals surface area contributed by atoms with E-state index in [-0.39, 0.29) is 13.1 Å². The van der Waals surface area contributed by atoms with Crippen molar-refractivity contribution in [2.45, 2.75) is 12.5 Å². The molecule has 1 aliphatic heterocycles. The number of carbonyl (C=O) groups is 1. The number of aliphatic carboxylic acids is 1. The van der Waals surface area contributed by atoms with Gasteiger partial charge in [0.05, 0.1) is 6.10 Å². The van der Waals surface area contributed by atoms with Gasteiger partial charge in [-0.2, -0.15) is 4.31 Å². The summed E-state index contributed by atoms with van der Waals surface area (Å²) in [4.78, 5) is 10.2. The molecule has 0 spiro atoms. The third kappa shape index (κ3) is 2.64. The molecule has 7 heteroatoms. The van der Waals surface area contributed by atoms with E-state index >= 15 is 0 Å². The molecule has 0 unspecified atom stereocenters. The molecule has 0 radical (unpaired) electrons. The summed E-state index contributed by atoms with van der Waals surface area (Å²) < 4.78 is 23.5. The lowest BCUT2D eigenvalue weighted by atomic mass is 10.3. The third-order valence-electron chi connectivity index (χ3n) is 1.83. The summed E-state index contributed by atoms with van der Waals surface area (Å²) >= 11 is 0. The van der Waals surface area contributed by atoms with Crippen LogP contribution in [0.5, 0.6) is 0 Å². The molecule has 1 heterocycles. The van der Waals surface area contributed by atoms with E-state index in [1.54, 1.807) is 0 Å². The van der Waals surface area contributed by atoms with Gasteiger partial charge in [0, 0.05) is 13.1 Å². The van der Waals surface area contributed by atoms with E-state index in [9.17, 15) is 13.2 Å². The quantitative estimate of drug-likeness (QED) is 0.588. The predicted molar refractivity (Wildman–Crippen MR) is 43.6 cm³/mol. The van der Waals surface area contributed by atoms with Gasteiger partial charge in [0.25, 0.3) is 0 Å². The van der Waals surface area contributed by atoms with Gasteiger partial charge in [0.2, 0.25) is 10.0 Å². The molecule has 0 aliphatic carbocycles.